The van der Waals surface area contributed by atoms with E-state index in [1.165, 1.54) is 16.6 Å². The summed E-state index contributed by atoms with van der Waals surface area (Å²) in [4.78, 5) is 0. The lowest BCUT2D eigenvalue weighted by molar-refractivity contribution is 0.0840. The first kappa shape index (κ1) is 17.5. The highest BCUT2D eigenvalue weighted by Crippen LogP contribution is 2.24. The first-order valence-electron chi connectivity index (χ1n) is 8.64. The fourth-order valence-corrected chi connectivity index (χ4v) is 3.37. The van der Waals surface area contributed by atoms with Crippen LogP contribution in [0, 0.1) is 6.92 Å². The normalized spacial score (nSPS) is 13.0. The number of ether oxygens (including phenoxy) is 1. The molecule has 0 aliphatic carbocycles. The van der Waals surface area contributed by atoms with E-state index in [0.717, 1.165) is 11.1 Å². The van der Waals surface area contributed by atoms with Gasteiger partial charge in [0.25, 0.3) is 0 Å². The molecule has 0 aliphatic heterocycles. The summed E-state index contributed by atoms with van der Waals surface area (Å²) in [6, 6.07) is 22.5. The van der Waals surface area contributed by atoms with E-state index in [1.54, 1.807) is 0 Å². The zero-order valence-electron chi connectivity index (χ0n) is 15.1. The number of aliphatic hydroxyl groups is 1. The first-order valence-corrected chi connectivity index (χ1v) is 8.64. The van der Waals surface area contributed by atoms with Gasteiger partial charge in [-0.25, -0.2) is 0 Å². The molecule has 1 N–H and O–H groups in total. The fourth-order valence-electron chi connectivity index (χ4n) is 3.37. The second-order valence-corrected chi connectivity index (χ2v) is 7.13. The van der Waals surface area contributed by atoms with Gasteiger partial charge in [-0.3, -0.25) is 4.48 Å². The Morgan fingerprint density at radius 3 is 2.36 bits per heavy atom. The fraction of sp³-hybridized carbons (Fsp3) is 0.273. The van der Waals surface area contributed by atoms with Crippen molar-refractivity contribution in [3.63, 3.8) is 0 Å². The average Bonchev–Trinajstić information content (AvgIpc) is 2.59. The summed E-state index contributed by atoms with van der Waals surface area (Å²) in [6.45, 7) is 2.98. The minimum Gasteiger partial charge on any atom is -0.491 e. The van der Waals surface area contributed by atoms with E-state index < -0.39 is 6.10 Å². The third-order valence-corrected chi connectivity index (χ3v) is 4.60. The Bertz CT molecular complexity index is 857. The molecular formula is C22H26NO2+. The topological polar surface area (TPSA) is 29.5 Å². The molecule has 0 aliphatic rings. The number of benzene rings is 3. The van der Waals surface area contributed by atoms with Crippen molar-refractivity contribution in [3.05, 3.63) is 72.3 Å². The van der Waals surface area contributed by atoms with Crippen LogP contribution in [-0.2, 0) is 0 Å². The van der Waals surface area contributed by atoms with E-state index in [9.17, 15) is 5.11 Å². The standard InChI is InChI=1S/C22H26NO2/c1-17-8-4-7-11-22(17)23(2,3)15-20(24)16-25-21-13-12-18-9-5-6-10-19(18)14-21/h4-14,20,24H,15-16H2,1-3H3/q+1. The molecule has 3 aromatic rings. The average molecular weight is 336 g/mol. The van der Waals surface area contributed by atoms with Crippen molar-refractivity contribution in [2.75, 3.05) is 27.2 Å². The molecule has 3 nitrogen and oxygen atoms in total. The number of nitrogens with zero attached hydrogens (tertiary/aromatic N) is 1. The van der Waals surface area contributed by atoms with Gasteiger partial charge in [0.2, 0.25) is 0 Å². The van der Waals surface area contributed by atoms with Crippen LogP contribution in [0.2, 0.25) is 0 Å². The molecule has 0 spiro atoms. The minimum atomic E-state index is -0.541. The zero-order chi connectivity index (χ0) is 17.9. The predicted molar refractivity (Wildman–Crippen MR) is 105 cm³/mol. The number of hydrogen-bond donors (Lipinski definition) is 1. The number of rotatable bonds is 6. The summed E-state index contributed by atoms with van der Waals surface area (Å²) in [7, 11) is 4.23. The summed E-state index contributed by atoms with van der Waals surface area (Å²) in [5.74, 6) is 0.791. The zero-order valence-corrected chi connectivity index (χ0v) is 15.1. The summed E-state index contributed by atoms with van der Waals surface area (Å²) < 4.78 is 6.45. The van der Waals surface area contributed by atoms with Crippen LogP contribution in [0.1, 0.15) is 5.56 Å². The Hall–Kier alpha value is -2.36. The molecule has 25 heavy (non-hydrogen) atoms. The summed E-state index contributed by atoms with van der Waals surface area (Å²) in [6.07, 6.45) is -0.541. The van der Waals surface area contributed by atoms with Gasteiger partial charge < -0.3 is 9.84 Å². The molecular weight excluding hydrogens is 310 g/mol. The Kier molecular flexibility index (Phi) is 5.07. The molecule has 0 amide bonds. The van der Waals surface area contributed by atoms with Gasteiger partial charge in [-0.1, -0.05) is 48.5 Å². The Labute approximate surface area is 149 Å². The van der Waals surface area contributed by atoms with Gasteiger partial charge in [0.15, 0.2) is 0 Å². The molecule has 0 heterocycles. The number of para-hydroxylation sites is 1. The summed E-state index contributed by atoms with van der Waals surface area (Å²) >= 11 is 0. The maximum Gasteiger partial charge on any atom is 0.137 e. The van der Waals surface area contributed by atoms with Gasteiger partial charge in [0, 0.05) is 5.56 Å². The summed E-state index contributed by atoms with van der Waals surface area (Å²) in [5.41, 5.74) is 2.45. The second kappa shape index (κ2) is 7.26. The van der Waals surface area contributed by atoms with Gasteiger partial charge in [-0.05, 0) is 35.9 Å². The molecule has 0 bridgehead atoms. The Morgan fingerprint density at radius 2 is 1.60 bits per heavy atom. The quantitative estimate of drug-likeness (QED) is 0.685. The van der Waals surface area contributed by atoms with Crippen LogP contribution in [0.3, 0.4) is 0 Å². The van der Waals surface area contributed by atoms with Gasteiger partial charge in [-0.15, -0.1) is 0 Å². The largest absolute Gasteiger partial charge is 0.491 e. The number of likely N-dealkylation sites (N-methyl/N-ethyl adjacent to an activating group) is 1. The van der Waals surface area contributed by atoms with Crippen molar-refractivity contribution < 1.29 is 9.84 Å². The summed E-state index contributed by atoms with van der Waals surface area (Å²) in [5, 5.41) is 12.8. The second-order valence-electron chi connectivity index (χ2n) is 7.13. The highest BCUT2D eigenvalue weighted by atomic mass is 16.5. The third kappa shape index (κ3) is 4.19. The van der Waals surface area contributed by atoms with Crippen molar-refractivity contribution in [2.24, 2.45) is 0 Å². The van der Waals surface area contributed by atoms with Gasteiger partial charge in [0.1, 0.15) is 30.7 Å². The monoisotopic (exact) mass is 336 g/mol. The van der Waals surface area contributed by atoms with E-state index >= 15 is 0 Å². The van der Waals surface area contributed by atoms with Crippen LogP contribution in [0.25, 0.3) is 10.8 Å². The molecule has 3 rings (SSSR count). The Morgan fingerprint density at radius 1 is 0.920 bits per heavy atom. The highest BCUT2D eigenvalue weighted by Gasteiger charge is 2.25. The first-order chi connectivity index (χ1) is 12.0. The SMILES string of the molecule is Cc1ccccc1[N+](C)(C)CC(O)COc1ccc2ccccc2c1. The lowest BCUT2D eigenvalue weighted by Gasteiger charge is -2.32. The number of aliphatic hydroxyl groups excluding tert-OH is 1. The smallest absolute Gasteiger partial charge is 0.137 e. The molecule has 0 radical (unpaired) electrons. The van der Waals surface area contributed by atoms with Crippen molar-refractivity contribution >= 4 is 16.5 Å². The molecule has 0 aromatic heterocycles. The molecule has 1 unspecified atom stereocenters. The number of fused-ring (bicyclic) bond motifs is 1. The molecule has 0 fully saturated rings. The van der Waals surface area contributed by atoms with Crippen LogP contribution in [-0.4, -0.2) is 38.5 Å². The van der Waals surface area contributed by atoms with Crippen molar-refractivity contribution in [1.82, 2.24) is 4.48 Å². The Balaban J connectivity index is 1.63. The molecule has 3 aromatic carbocycles. The molecule has 0 saturated heterocycles. The molecule has 1 atom stereocenters. The van der Waals surface area contributed by atoms with Gasteiger partial charge in [0.05, 0.1) is 14.1 Å². The lowest BCUT2D eigenvalue weighted by Crippen LogP contribution is -2.48. The molecule has 130 valence electrons. The van der Waals surface area contributed by atoms with Gasteiger partial charge >= 0.3 is 0 Å². The number of aryl methyl sites for hydroxylation is 1. The van der Waals surface area contributed by atoms with E-state index in [-0.39, 0.29) is 6.61 Å². The predicted octanol–water partition coefficient (Wildman–Crippen LogP) is 4.16. The lowest BCUT2D eigenvalue weighted by atomic mass is 10.1. The van der Waals surface area contributed by atoms with E-state index in [4.69, 9.17) is 4.74 Å². The van der Waals surface area contributed by atoms with Crippen LogP contribution >= 0.6 is 0 Å². The molecule has 0 saturated carbocycles. The van der Waals surface area contributed by atoms with Crippen LogP contribution in [0.15, 0.2) is 66.7 Å². The van der Waals surface area contributed by atoms with Gasteiger partial charge in [-0.2, -0.15) is 0 Å². The van der Waals surface area contributed by atoms with Crippen molar-refractivity contribution in [3.8, 4) is 5.75 Å². The van der Waals surface area contributed by atoms with Crippen LogP contribution < -0.4 is 9.22 Å². The highest BCUT2D eigenvalue weighted by molar-refractivity contribution is 5.83. The maximum absolute atomic E-state index is 10.5. The van der Waals surface area contributed by atoms with Crippen LogP contribution in [0.4, 0.5) is 5.69 Å². The van der Waals surface area contributed by atoms with E-state index in [1.807, 2.05) is 42.5 Å². The minimum absolute atomic E-state index is 0.284. The van der Waals surface area contributed by atoms with Crippen molar-refractivity contribution in [1.29, 1.82) is 0 Å². The third-order valence-electron chi connectivity index (χ3n) is 4.60. The maximum atomic E-state index is 10.5. The van der Waals surface area contributed by atoms with E-state index in [2.05, 4.69) is 45.3 Å². The molecule has 3 heteroatoms. The number of quaternary nitrogens is 1. The number of hydrogen-bond acceptors (Lipinski definition) is 2. The van der Waals surface area contributed by atoms with Crippen molar-refractivity contribution in [2.45, 2.75) is 13.0 Å². The van der Waals surface area contributed by atoms with E-state index in [0.29, 0.717) is 11.0 Å². The van der Waals surface area contributed by atoms with Crippen LogP contribution in [0.5, 0.6) is 5.75 Å².